The molecular weight excluding hydrogens is 603 g/mol. The number of hydrogen-bond donors (Lipinski definition) is 0. The highest BCUT2D eigenvalue weighted by Gasteiger charge is 2.39. The van der Waals surface area contributed by atoms with Crippen LogP contribution in [0.5, 0.6) is 0 Å². The standard InChI is InChI=1S/C49H35N/c1-49(2)47-40-18-10-9-17-35(40)23-26-41(47)42-27-28-45-46(48(42)49)43-19-11-12-20-44(43)50(45)39-24-21-34(22-25-39)38-30-36(32-13-5-3-6-14-32)29-37(31-38)33-15-7-4-8-16-33/h3-31H,1-2H3. The van der Waals surface area contributed by atoms with Crippen molar-refractivity contribution < 1.29 is 0 Å². The molecule has 0 radical (unpaired) electrons. The molecule has 0 bridgehead atoms. The van der Waals surface area contributed by atoms with Crippen molar-refractivity contribution in [3.63, 3.8) is 0 Å². The van der Waals surface area contributed by atoms with E-state index < -0.39 is 0 Å². The summed E-state index contributed by atoms with van der Waals surface area (Å²) in [7, 11) is 0. The second kappa shape index (κ2) is 10.9. The summed E-state index contributed by atoms with van der Waals surface area (Å²) in [4.78, 5) is 0. The third kappa shape index (κ3) is 4.27. The fourth-order valence-corrected chi connectivity index (χ4v) is 8.70. The maximum Gasteiger partial charge on any atom is 0.0544 e. The molecule has 10 rings (SSSR count). The number of rotatable bonds is 4. The molecule has 0 atom stereocenters. The second-order valence-electron chi connectivity index (χ2n) is 14.1. The molecule has 236 valence electrons. The Hall–Kier alpha value is -6.18. The predicted molar refractivity (Wildman–Crippen MR) is 212 cm³/mol. The Bertz CT molecular complexity index is 2690. The highest BCUT2D eigenvalue weighted by atomic mass is 15.0. The maximum absolute atomic E-state index is 2.46. The van der Waals surface area contributed by atoms with Crippen LogP contribution in [0.15, 0.2) is 176 Å². The van der Waals surface area contributed by atoms with Gasteiger partial charge in [0.25, 0.3) is 0 Å². The minimum absolute atomic E-state index is 0.149. The lowest BCUT2D eigenvalue weighted by molar-refractivity contribution is 0.672. The van der Waals surface area contributed by atoms with Gasteiger partial charge in [0.15, 0.2) is 0 Å². The van der Waals surface area contributed by atoms with Crippen LogP contribution in [0.25, 0.3) is 82.8 Å². The van der Waals surface area contributed by atoms with Crippen LogP contribution in [0.2, 0.25) is 0 Å². The smallest absolute Gasteiger partial charge is 0.0544 e. The van der Waals surface area contributed by atoms with Crippen LogP contribution in [0.3, 0.4) is 0 Å². The van der Waals surface area contributed by atoms with Crippen molar-refractivity contribution in [2.45, 2.75) is 19.3 Å². The van der Waals surface area contributed by atoms with Gasteiger partial charge >= 0.3 is 0 Å². The van der Waals surface area contributed by atoms with Crippen molar-refractivity contribution in [1.82, 2.24) is 4.57 Å². The van der Waals surface area contributed by atoms with Crippen LogP contribution < -0.4 is 0 Å². The normalized spacial score (nSPS) is 13.2. The largest absolute Gasteiger partial charge is 0.309 e. The average Bonchev–Trinajstić information content (AvgIpc) is 3.64. The van der Waals surface area contributed by atoms with Crippen LogP contribution in [-0.4, -0.2) is 4.57 Å². The molecule has 1 heterocycles. The van der Waals surface area contributed by atoms with Crippen molar-refractivity contribution in [2.24, 2.45) is 0 Å². The lowest BCUT2D eigenvalue weighted by atomic mass is 9.78. The Kier molecular flexibility index (Phi) is 6.29. The van der Waals surface area contributed by atoms with Crippen molar-refractivity contribution in [3.05, 3.63) is 187 Å². The first-order valence-corrected chi connectivity index (χ1v) is 17.5. The summed E-state index contributed by atoms with van der Waals surface area (Å²) < 4.78 is 2.46. The van der Waals surface area contributed by atoms with Gasteiger partial charge in [-0.15, -0.1) is 0 Å². The molecule has 1 heteroatoms. The third-order valence-corrected chi connectivity index (χ3v) is 10.9. The van der Waals surface area contributed by atoms with Crippen molar-refractivity contribution in [3.8, 4) is 50.2 Å². The van der Waals surface area contributed by atoms with E-state index in [2.05, 4.69) is 194 Å². The summed E-state index contributed by atoms with van der Waals surface area (Å²) in [5.74, 6) is 0. The molecule has 8 aromatic carbocycles. The number of hydrogen-bond acceptors (Lipinski definition) is 0. The van der Waals surface area contributed by atoms with Gasteiger partial charge in [0, 0.05) is 21.9 Å². The summed E-state index contributed by atoms with van der Waals surface area (Å²) in [6.45, 7) is 4.83. The molecule has 0 amide bonds. The monoisotopic (exact) mass is 637 g/mol. The summed E-state index contributed by atoms with van der Waals surface area (Å²) in [6, 6.07) is 64.6. The van der Waals surface area contributed by atoms with E-state index in [4.69, 9.17) is 0 Å². The van der Waals surface area contributed by atoms with Gasteiger partial charge in [0.2, 0.25) is 0 Å². The van der Waals surface area contributed by atoms with E-state index in [0.717, 1.165) is 0 Å². The van der Waals surface area contributed by atoms with Gasteiger partial charge in [0.05, 0.1) is 11.0 Å². The molecule has 1 nitrogen and oxygen atoms in total. The molecule has 1 aliphatic carbocycles. The van der Waals surface area contributed by atoms with Crippen molar-refractivity contribution in [1.29, 1.82) is 0 Å². The Labute approximate surface area is 292 Å². The van der Waals surface area contributed by atoms with Crippen LogP contribution in [0, 0.1) is 0 Å². The Morgan fingerprint density at radius 3 is 1.56 bits per heavy atom. The van der Waals surface area contributed by atoms with Crippen LogP contribution in [0.1, 0.15) is 25.0 Å². The lowest BCUT2D eigenvalue weighted by Gasteiger charge is -2.24. The van der Waals surface area contributed by atoms with Gasteiger partial charge in [-0.1, -0.05) is 147 Å². The number of para-hydroxylation sites is 1. The SMILES string of the molecule is CC1(C)c2c(ccc3ccccc23)-c2ccc3c(c21)c1ccccc1n3-c1ccc(-c2cc(-c3ccccc3)cc(-c3ccccc3)c2)cc1. The Morgan fingerprint density at radius 2 is 0.900 bits per heavy atom. The van der Waals surface area contributed by atoms with E-state index in [1.807, 2.05) is 0 Å². The summed E-state index contributed by atoms with van der Waals surface area (Å²) in [5, 5.41) is 5.31. The number of benzene rings is 8. The quantitative estimate of drug-likeness (QED) is 0.181. The van der Waals surface area contributed by atoms with Crippen LogP contribution in [-0.2, 0) is 5.41 Å². The topological polar surface area (TPSA) is 4.93 Å². The van der Waals surface area contributed by atoms with Gasteiger partial charge in [-0.25, -0.2) is 0 Å². The van der Waals surface area contributed by atoms with E-state index in [1.165, 1.54) is 93.9 Å². The first kappa shape index (κ1) is 28.8. The van der Waals surface area contributed by atoms with E-state index >= 15 is 0 Å². The fraction of sp³-hybridized carbons (Fsp3) is 0.0612. The molecule has 0 unspecified atom stereocenters. The molecule has 0 fully saturated rings. The first-order chi connectivity index (χ1) is 24.6. The molecule has 0 saturated carbocycles. The zero-order valence-corrected chi connectivity index (χ0v) is 28.2. The second-order valence-corrected chi connectivity index (χ2v) is 14.1. The first-order valence-electron chi connectivity index (χ1n) is 17.5. The Morgan fingerprint density at radius 1 is 0.380 bits per heavy atom. The lowest BCUT2D eigenvalue weighted by Crippen LogP contribution is -2.16. The van der Waals surface area contributed by atoms with Crippen LogP contribution >= 0.6 is 0 Å². The third-order valence-electron chi connectivity index (χ3n) is 10.9. The fourth-order valence-electron chi connectivity index (χ4n) is 8.70. The zero-order chi connectivity index (χ0) is 33.4. The van der Waals surface area contributed by atoms with Crippen molar-refractivity contribution >= 4 is 32.6 Å². The number of fused-ring (bicyclic) bond motifs is 9. The van der Waals surface area contributed by atoms with Gasteiger partial charge in [-0.3, -0.25) is 0 Å². The van der Waals surface area contributed by atoms with Crippen LogP contribution in [0.4, 0.5) is 0 Å². The molecule has 9 aromatic rings. The van der Waals surface area contributed by atoms with Gasteiger partial charge < -0.3 is 4.57 Å². The minimum atomic E-state index is -0.149. The molecule has 0 saturated heterocycles. The van der Waals surface area contributed by atoms with Gasteiger partial charge in [0.1, 0.15) is 0 Å². The average molecular weight is 638 g/mol. The van der Waals surface area contributed by atoms with Crippen molar-refractivity contribution in [2.75, 3.05) is 0 Å². The molecule has 50 heavy (non-hydrogen) atoms. The zero-order valence-electron chi connectivity index (χ0n) is 28.2. The van der Waals surface area contributed by atoms with E-state index in [0.29, 0.717) is 0 Å². The van der Waals surface area contributed by atoms with Gasteiger partial charge in [-0.05, 0) is 109 Å². The number of aromatic nitrogens is 1. The summed E-state index contributed by atoms with van der Waals surface area (Å²) in [5.41, 5.74) is 16.4. The minimum Gasteiger partial charge on any atom is -0.309 e. The Balaban J connectivity index is 1.14. The molecule has 1 aliphatic rings. The summed E-state index contributed by atoms with van der Waals surface area (Å²) >= 11 is 0. The predicted octanol–water partition coefficient (Wildman–Crippen LogP) is 13.2. The van der Waals surface area contributed by atoms with E-state index in [9.17, 15) is 0 Å². The molecule has 0 aliphatic heterocycles. The summed E-state index contributed by atoms with van der Waals surface area (Å²) in [6.07, 6.45) is 0. The van der Waals surface area contributed by atoms with Gasteiger partial charge in [-0.2, -0.15) is 0 Å². The highest BCUT2D eigenvalue weighted by molar-refractivity contribution is 6.15. The highest BCUT2D eigenvalue weighted by Crippen LogP contribution is 2.55. The molecule has 0 spiro atoms. The van der Waals surface area contributed by atoms with E-state index in [1.54, 1.807) is 0 Å². The number of nitrogens with zero attached hydrogens (tertiary/aromatic N) is 1. The molecule has 1 aromatic heterocycles. The maximum atomic E-state index is 2.46. The molecule has 0 N–H and O–H groups in total. The molecular formula is C49H35N. The van der Waals surface area contributed by atoms with E-state index in [-0.39, 0.29) is 5.41 Å².